The molecule has 0 aliphatic heterocycles. The van der Waals surface area contributed by atoms with Gasteiger partial charge in [0.25, 0.3) is 10.0 Å². The first-order valence-electron chi connectivity index (χ1n) is 10.4. The molecular formula is C24H22FN3O4S. The maximum absolute atomic E-state index is 14.5. The Morgan fingerprint density at radius 3 is 2.64 bits per heavy atom. The summed E-state index contributed by atoms with van der Waals surface area (Å²) in [5.41, 5.74) is 9.03. The first kappa shape index (κ1) is 21.6. The number of halogens is 1. The van der Waals surface area contributed by atoms with Crippen molar-refractivity contribution >= 4 is 20.9 Å². The van der Waals surface area contributed by atoms with Crippen LogP contribution in [0.5, 0.6) is 5.88 Å². The number of hydrogen-bond donors (Lipinski definition) is 2. The minimum atomic E-state index is -4.02. The molecule has 170 valence electrons. The molecule has 33 heavy (non-hydrogen) atoms. The lowest BCUT2D eigenvalue weighted by atomic mass is 10.0. The number of rotatable bonds is 5. The lowest BCUT2D eigenvalue weighted by Crippen LogP contribution is -2.17. The summed E-state index contributed by atoms with van der Waals surface area (Å²) in [4.78, 5) is 4.30. The van der Waals surface area contributed by atoms with Crippen molar-refractivity contribution in [3.63, 3.8) is 0 Å². The van der Waals surface area contributed by atoms with Crippen LogP contribution < -0.4 is 10.5 Å². The van der Waals surface area contributed by atoms with Gasteiger partial charge in [0.05, 0.1) is 41.6 Å². The number of methoxy groups -OCH3 is 1. The van der Waals surface area contributed by atoms with Gasteiger partial charge in [-0.15, -0.1) is 0 Å². The van der Waals surface area contributed by atoms with Gasteiger partial charge in [0.1, 0.15) is 6.17 Å². The molecule has 1 aliphatic rings. The van der Waals surface area contributed by atoms with Gasteiger partial charge in [-0.25, -0.2) is 21.8 Å². The van der Waals surface area contributed by atoms with E-state index in [1.807, 2.05) is 0 Å². The lowest BCUT2D eigenvalue weighted by molar-refractivity contribution is 0.274. The van der Waals surface area contributed by atoms with Gasteiger partial charge < -0.3 is 15.6 Å². The van der Waals surface area contributed by atoms with Crippen molar-refractivity contribution < 1.29 is 22.7 Å². The second kappa shape index (κ2) is 7.95. The molecule has 0 amide bonds. The van der Waals surface area contributed by atoms with Crippen LogP contribution in [-0.4, -0.2) is 35.8 Å². The molecule has 3 N–H and O–H groups in total. The van der Waals surface area contributed by atoms with Crippen molar-refractivity contribution in [3.05, 3.63) is 77.5 Å². The molecule has 2 heterocycles. The third-order valence-corrected chi connectivity index (χ3v) is 7.78. The molecule has 1 aliphatic carbocycles. The number of fused-ring (bicyclic) bond motifs is 3. The molecule has 0 bridgehead atoms. The Hall–Kier alpha value is -3.27. The molecule has 2 aromatic heterocycles. The molecule has 0 saturated carbocycles. The molecule has 0 fully saturated rings. The number of nitrogens with zero attached hydrogens (tertiary/aromatic N) is 2. The maximum Gasteiger partial charge on any atom is 0.268 e. The second-order valence-corrected chi connectivity index (χ2v) is 9.76. The van der Waals surface area contributed by atoms with Gasteiger partial charge in [-0.3, -0.25) is 0 Å². The van der Waals surface area contributed by atoms with Crippen LogP contribution in [0.1, 0.15) is 22.9 Å². The number of aliphatic hydroxyl groups excluding tert-OH is 1. The van der Waals surface area contributed by atoms with Crippen molar-refractivity contribution in [2.24, 2.45) is 5.73 Å². The summed E-state index contributed by atoms with van der Waals surface area (Å²) in [6.45, 7) is -0.344. The minimum absolute atomic E-state index is 0.115. The number of benzene rings is 2. The average molecular weight is 468 g/mol. The monoisotopic (exact) mass is 467 g/mol. The van der Waals surface area contributed by atoms with E-state index in [4.69, 9.17) is 10.5 Å². The fraction of sp³-hybridized carbons (Fsp3) is 0.208. The van der Waals surface area contributed by atoms with Gasteiger partial charge in [-0.2, -0.15) is 0 Å². The SMILES string of the molecule is COc1cc(-c2cc3c4c(ccc3n2S(=O)(=O)c2ccccc2)[C@@H](N)[C@@H](F)C4)cc(CO)n1. The van der Waals surface area contributed by atoms with Crippen LogP contribution in [-0.2, 0) is 23.1 Å². The van der Waals surface area contributed by atoms with E-state index in [0.717, 1.165) is 0 Å². The molecule has 7 nitrogen and oxygen atoms in total. The topological polar surface area (TPSA) is 107 Å². The molecule has 0 spiro atoms. The van der Waals surface area contributed by atoms with Crippen LogP contribution in [0.15, 0.2) is 65.6 Å². The van der Waals surface area contributed by atoms with E-state index in [0.29, 0.717) is 39.0 Å². The molecule has 5 rings (SSSR count). The Kier molecular flexibility index (Phi) is 5.19. The smallest absolute Gasteiger partial charge is 0.268 e. The standard InChI is InChI=1S/C24H22FN3O4S/c1-32-23-10-14(9-15(13-29)27-23)22-12-19-18-11-20(25)24(26)17(18)7-8-21(19)28(22)33(30,31)16-5-3-2-4-6-16/h2-10,12,20,24,29H,11,13,26H2,1H3/t20-,24+/m0/s1. The third kappa shape index (κ3) is 3.40. The second-order valence-electron chi connectivity index (χ2n) is 7.97. The minimum Gasteiger partial charge on any atom is -0.481 e. The molecule has 9 heteroatoms. The van der Waals surface area contributed by atoms with Crippen LogP contribution >= 0.6 is 0 Å². The molecule has 0 radical (unpaired) electrons. The number of hydrogen-bond acceptors (Lipinski definition) is 6. The quantitative estimate of drug-likeness (QED) is 0.466. The normalized spacial score (nSPS) is 17.9. The predicted octanol–water partition coefficient (Wildman–Crippen LogP) is 3.34. The highest BCUT2D eigenvalue weighted by Gasteiger charge is 2.33. The summed E-state index contributed by atoms with van der Waals surface area (Å²) in [6, 6.07) is 15.7. The average Bonchev–Trinajstić information content (AvgIpc) is 3.37. The first-order chi connectivity index (χ1) is 15.8. The van der Waals surface area contributed by atoms with E-state index in [1.165, 1.54) is 23.2 Å². The van der Waals surface area contributed by atoms with Crippen LogP contribution in [0.25, 0.3) is 22.2 Å². The van der Waals surface area contributed by atoms with E-state index >= 15 is 0 Å². The first-order valence-corrected chi connectivity index (χ1v) is 11.8. The lowest BCUT2D eigenvalue weighted by Gasteiger charge is -2.14. The fourth-order valence-electron chi connectivity index (χ4n) is 4.44. The summed E-state index contributed by atoms with van der Waals surface area (Å²) in [6.07, 6.45) is -1.12. The van der Waals surface area contributed by atoms with Crippen molar-refractivity contribution in [1.29, 1.82) is 0 Å². The van der Waals surface area contributed by atoms with Crippen LogP contribution in [0.2, 0.25) is 0 Å². The number of ether oxygens (including phenoxy) is 1. The largest absolute Gasteiger partial charge is 0.481 e. The number of aromatic nitrogens is 2. The molecule has 2 atom stereocenters. The zero-order chi connectivity index (χ0) is 23.3. The van der Waals surface area contributed by atoms with Crippen LogP contribution in [0, 0.1) is 0 Å². The van der Waals surface area contributed by atoms with Crippen molar-refractivity contribution in [2.75, 3.05) is 7.11 Å². The molecule has 0 unspecified atom stereocenters. The van der Waals surface area contributed by atoms with Gasteiger partial charge >= 0.3 is 0 Å². The zero-order valence-electron chi connectivity index (χ0n) is 17.8. The van der Waals surface area contributed by atoms with Gasteiger partial charge in [-0.05, 0) is 41.5 Å². The van der Waals surface area contributed by atoms with E-state index < -0.39 is 22.2 Å². The predicted molar refractivity (Wildman–Crippen MR) is 122 cm³/mol. The molecular weight excluding hydrogens is 445 g/mol. The molecule has 0 saturated heterocycles. The van der Waals surface area contributed by atoms with Gasteiger partial charge in [-0.1, -0.05) is 24.3 Å². The van der Waals surface area contributed by atoms with E-state index in [9.17, 15) is 17.9 Å². The van der Waals surface area contributed by atoms with E-state index in [2.05, 4.69) is 4.98 Å². The van der Waals surface area contributed by atoms with Gasteiger partial charge in [0.2, 0.25) is 5.88 Å². The number of aliphatic hydroxyl groups is 1. The van der Waals surface area contributed by atoms with Crippen LogP contribution in [0.4, 0.5) is 4.39 Å². The molecule has 2 aromatic carbocycles. The highest BCUT2D eigenvalue weighted by Crippen LogP contribution is 2.41. The summed E-state index contributed by atoms with van der Waals surface area (Å²) >= 11 is 0. The Morgan fingerprint density at radius 1 is 1.18 bits per heavy atom. The summed E-state index contributed by atoms with van der Waals surface area (Å²) < 4.78 is 48.6. The van der Waals surface area contributed by atoms with Crippen molar-refractivity contribution in [2.45, 2.75) is 30.1 Å². The fourth-order valence-corrected chi connectivity index (χ4v) is 5.99. The Balaban J connectivity index is 1.86. The van der Waals surface area contributed by atoms with E-state index in [1.54, 1.807) is 48.5 Å². The Morgan fingerprint density at radius 2 is 1.94 bits per heavy atom. The Bertz CT molecular complexity index is 1450. The number of nitrogens with two attached hydrogens (primary N) is 1. The number of pyridine rings is 1. The number of alkyl halides is 1. The summed E-state index contributed by atoms with van der Waals surface area (Å²) in [7, 11) is -2.57. The van der Waals surface area contributed by atoms with Crippen molar-refractivity contribution in [3.8, 4) is 17.1 Å². The van der Waals surface area contributed by atoms with E-state index in [-0.39, 0.29) is 23.8 Å². The maximum atomic E-state index is 14.5. The van der Waals surface area contributed by atoms with Gasteiger partial charge in [0.15, 0.2) is 0 Å². The highest BCUT2D eigenvalue weighted by atomic mass is 32.2. The third-order valence-electron chi connectivity index (χ3n) is 6.04. The van der Waals surface area contributed by atoms with Crippen LogP contribution in [0.3, 0.4) is 0 Å². The highest BCUT2D eigenvalue weighted by molar-refractivity contribution is 7.90. The van der Waals surface area contributed by atoms with Gasteiger partial charge in [0, 0.05) is 23.4 Å². The molecule has 4 aromatic rings. The zero-order valence-corrected chi connectivity index (χ0v) is 18.6. The summed E-state index contributed by atoms with van der Waals surface area (Å²) in [5.74, 6) is 0.238. The Labute approximate surface area is 190 Å². The summed E-state index contributed by atoms with van der Waals surface area (Å²) in [5, 5.41) is 10.3. The van der Waals surface area contributed by atoms with Crippen molar-refractivity contribution in [1.82, 2.24) is 8.96 Å².